The van der Waals surface area contributed by atoms with Gasteiger partial charge in [0, 0.05) is 16.8 Å². The number of hydrogen-bond donors (Lipinski definition) is 1. The number of Topliss-reactive ketones (excluding diaryl/α,β-unsaturated/α-hetero) is 1. The fraction of sp³-hybridized carbons (Fsp3) is 0.136. The molecular weight excluding hydrogens is 452 g/mol. The molecule has 2 heterocycles. The van der Waals surface area contributed by atoms with Crippen LogP contribution in [0.4, 0.5) is 5.13 Å². The predicted molar refractivity (Wildman–Crippen MR) is 123 cm³/mol. The number of thiazole rings is 2. The van der Waals surface area contributed by atoms with E-state index in [4.69, 9.17) is 16.9 Å². The number of amides is 1. The van der Waals surface area contributed by atoms with Gasteiger partial charge in [-0.2, -0.15) is 5.26 Å². The first-order valence-corrected chi connectivity index (χ1v) is 11.4. The van der Waals surface area contributed by atoms with E-state index >= 15 is 0 Å². The van der Waals surface area contributed by atoms with Crippen molar-refractivity contribution in [1.82, 2.24) is 9.97 Å². The average molecular weight is 467 g/mol. The largest absolute Gasteiger partial charge is 0.301 e. The summed E-state index contributed by atoms with van der Waals surface area (Å²) in [6, 6.07) is 12.5. The number of fused-ring (bicyclic) bond motifs is 1. The minimum absolute atomic E-state index is 0.0364. The second-order valence-electron chi connectivity index (χ2n) is 6.89. The number of carbonyl (C=O) groups is 2. The lowest BCUT2D eigenvalue weighted by Crippen LogP contribution is -2.18. The van der Waals surface area contributed by atoms with Crippen LogP contribution in [0, 0.1) is 11.3 Å². The Balaban J connectivity index is 1.49. The zero-order valence-electron chi connectivity index (χ0n) is 16.3. The smallest absolute Gasteiger partial charge is 0.233 e. The first-order valence-electron chi connectivity index (χ1n) is 9.25. The molecular formula is C22H15ClN4O2S2. The summed E-state index contributed by atoms with van der Waals surface area (Å²) in [7, 11) is 0. The van der Waals surface area contributed by atoms with Gasteiger partial charge in [0.05, 0.1) is 33.3 Å². The first-order chi connectivity index (χ1) is 14.9. The monoisotopic (exact) mass is 466 g/mol. The van der Waals surface area contributed by atoms with Crippen LogP contribution in [-0.2, 0) is 11.2 Å². The Bertz CT molecular complexity index is 1330. The highest BCUT2D eigenvalue weighted by Gasteiger charge is 2.19. The Morgan fingerprint density at radius 3 is 2.84 bits per heavy atom. The van der Waals surface area contributed by atoms with Crippen LogP contribution >= 0.6 is 34.3 Å². The van der Waals surface area contributed by atoms with Crippen LogP contribution < -0.4 is 5.32 Å². The maximum absolute atomic E-state index is 12.7. The molecule has 0 saturated carbocycles. The highest BCUT2D eigenvalue weighted by atomic mass is 35.5. The lowest BCUT2D eigenvalue weighted by atomic mass is 9.98. The van der Waals surface area contributed by atoms with Gasteiger partial charge in [0.1, 0.15) is 5.69 Å². The minimum atomic E-state index is -0.510. The number of carbonyl (C=O) groups excluding carboxylic acids is 2. The third-order valence-corrected chi connectivity index (χ3v) is 6.45. The number of hydrogen-bond acceptors (Lipinski definition) is 7. The number of rotatable bonds is 6. The second-order valence-corrected chi connectivity index (χ2v) is 9.08. The number of benzene rings is 2. The van der Waals surface area contributed by atoms with Gasteiger partial charge in [-0.05, 0) is 48.4 Å². The van der Waals surface area contributed by atoms with Crippen molar-refractivity contribution in [3.8, 4) is 6.07 Å². The molecule has 1 atom stereocenters. The SMILES string of the molecule is CC(C(=O)Nc1nc2ccc(CC(=O)c3cscn3)cc2s1)c1cc(Cl)cc(C#N)c1. The van der Waals surface area contributed by atoms with Crippen molar-refractivity contribution < 1.29 is 9.59 Å². The molecule has 0 aliphatic carbocycles. The summed E-state index contributed by atoms with van der Waals surface area (Å²) in [4.78, 5) is 33.5. The normalized spacial score (nSPS) is 11.8. The van der Waals surface area contributed by atoms with Crippen LogP contribution in [0.3, 0.4) is 0 Å². The molecule has 1 amide bonds. The maximum Gasteiger partial charge on any atom is 0.233 e. The molecule has 154 valence electrons. The van der Waals surface area contributed by atoms with E-state index in [1.807, 2.05) is 24.3 Å². The van der Waals surface area contributed by atoms with Crippen LogP contribution in [0.25, 0.3) is 10.2 Å². The molecule has 1 unspecified atom stereocenters. The van der Waals surface area contributed by atoms with Gasteiger partial charge >= 0.3 is 0 Å². The zero-order chi connectivity index (χ0) is 22.0. The molecule has 2 aromatic heterocycles. The lowest BCUT2D eigenvalue weighted by molar-refractivity contribution is -0.117. The molecule has 6 nitrogen and oxygen atoms in total. The van der Waals surface area contributed by atoms with Gasteiger partial charge in [-0.15, -0.1) is 11.3 Å². The molecule has 0 fully saturated rings. The Labute approximate surface area is 191 Å². The molecule has 0 aliphatic heterocycles. The third kappa shape index (κ3) is 4.80. The highest BCUT2D eigenvalue weighted by molar-refractivity contribution is 7.22. The van der Waals surface area contributed by atoms with Gasteiger partial charge < -0.3 is 5.32 Å². The Morgan fingerprint density at radius 2 is 2.10 bits per heavy atom. The van der Waals surface area contributed by atoms with Crippen molar-refractivity contribution in [2.75, 3.05) is 5.32 Å². The molecule has 1 N–H and O–H groups in total. The van der Waals surface area contributed by atoms with Gasteiger partial charge in [-0.25, -0.2) is 9.97 Å². The number of nitrogens with zero attached hydrogens (tertiary/aromatic N) is 3. The summed E-state index contributed by atoms with van der Waals surface area (Å²) in [5.41, 5.74) is 4.78. The van der Waals surface area contributed by atoms with Gasteiger partial charge in [-0.1, -0.05) is 29.0 Å². The van der Waals surface area contributed by atoms with Crippen molar-refractivity contribution >= 4 is 61.3 Å². The van der Waals surface area contributed by atoms with E-state index in [0.29, 0.717) is 27.0 Å². The van der Waals surface area contributed by atoms with Gasteiger partial charge in [0.15, 0.2) is 10.9 Å². The van der Waals surface area contributed by atoms with Crippen molar-refractivity contribution in [3.63, 3.8) is 0 Å². The fourth-order valence-corrected chi connectivity index (χ4v) is 4.78. The Morgan fingerprint density at radius 1 is 1.26 bits per heavy atom. The molecule has 9 heteroatoms. The molecule has 4 rings (SSSR count). The zero-order valence-corrected chi connectivity index (χ0v) is 18.6. The number of nitrogens with one attached hydrogen (secondary N) is 1. The van der Waals surface area contributed by atoms with Crippen molar-refractivity contribution in [1.29, 1.82) is 5.26 Å². The number of anilines is 1. The average Bonchev–Trinajstić information content (AvgIpc) is 3.42. The third-order valence-electron chi connectivity index (χ3n) is 4.71. The number of halogens is 1. The summed E-state index contributed by atoms with van der Waals surface area (Å²) < 4.78 is 0.876. The molecule has 4 aromatic rings. The number of nitriles is 1. The number of ketones is 1. The number of aromatic nitrogens is 2. The van der Waals surface area contributed by atoms with Crippen LogP contribution in [0.5, 0.6) is 0 Å². The van der Waals surface area contributed by atoms with Crippen LogP contribution in [-0.4, -0.2) is 21.7 Å². The first kappa shape index (κ1) is 21.1. The molecule has 2 aromatic carbocycles. The van der Waals surface area contributed by atoms with Gasteiger partial charge in [0.25, 0.3) is 0 Å². The van der Waals surface area contributed by atoms with E-state index in [9.17, 15) is 9.59 Å². The summed E-state index contributed by atoms with van der Waals surface area (Å²) >= 11 is 8.79. The lowest BCUT2D eigenvalue weighted by Gasteiger charge is -2.11. The molecule has 0 radical (unpaired) electrons. The van der Waals surface area contributed by atoms with E-state index in [2.05, 4.69) is 15.3 Å². The van der Waals surface area contributed by atoms with E-state index in [1.54, 1.807) is 36.0 Å². The fourth-order valence-electron chi connectivity index (χ4n) is 3.05. The standard InChI is InChI=1S/C22H15ClN4O2S2/c1-12(15-4-14(9-24)5-16(23)8-15)21(29)27-22-26-17-3-2-13(7-20(17)31-22)6-19(28)18-10-30-11-25-18/h2-5,7-8,10-12H,6H2,1H3,(H,26,27,29). The molecule has 0 saturated heterocycles. The van der Waals surface area contributed by atoms with Gasteiger partial charge in [-0.3, -0.25) is 9.59 Å². The topological polar surface area (TPSA) is 95.7 Å². The highest BCUT2D eigenvalue weighted by Crippen LogP contribution is 2.29. The minimum Gasteiger partial charge on any atom is -0.301 e. The van der Waals surface area contributed by atoms with E-state index in [-0.39, 0.29) is 18.1 Å². The Kier molecular flexibility index (Phi) is 6.09. The van der Waals surface area contributed by atoms with Crippen molar-refractivity contribution in [2.45, 2.75) is 19.3 Å². The maximum atomic E-state index is 12.7. The van der Waals surface area contributed by atoms with Crippen molar-refractivity contribution in [3.05, 3.63) is 74.7 Å². The summed E-state index contributed by atoms with van der Waals surface area (Å²) in [6.45, 7) is 1.75. The van der Waals surface area contributed by atoms with Gasteiger partial charge in [0.2, 0.25) is 5.91 Å². The quantitative estimate of drug-likeness (QED) is 0.381. The van der Waals surface area contributed by atoms with E-state index in [0.717, 1.165) is 15.8 Å². The van der Waals surface area contributed by atoms with Crippen LogP contribution in [0.1, 0.15) is 40.0 Å². The molecule has 0 aliphatic rings. The summed E-state index contributed by atoms with van der Waals surface area (Å²) in [6.07, 6.45) is 0.256. The van der Waals surface area contributed by atoms with Crippen LogP contribution in [0.15, 0.2) is 47.3 Å². The van der Waals surface area contributed by atoms with Crippen molar-refractivity contribution in [2.24, 2.45) is 0 Å². The Hall–Kier alpha value is -3.12. The van der Waals surface area contributed by atoms with E-state index < -0.39 is 5.92 Å². The second kappa shape index (κ2) is 8.94. The molecule has 0 bridgehead atoms. The molecule has 31 heavy (non-hydrogen) atoms. The molecule has 0 spiro atoms. The summed E-state index contributed by atoms with van der Waals surface area (Å²) in [5.74, 6) is -0.793. The predicted octanol–water partition coefficient (Wildman–Crippen LogP) is 5.45. The van der Waals surface area contributed by atoms with Crippen LogP contribution in [0.2, 0.25) is 5.02 Å². The van der Waals surface area contributed by atoms with E-state index in [1.165, 1.54) is 22.7 Å². The summed E-state index contributed by atoms with van der Waals surface area (Å²) in [5, 5.41) is 14.6.